The Balaban J connectivity index is 1.68. The van der Waals surface area contributed by atoms with Crippen molar-refractivity contribution in [2.75, 3.05) is 26.2 Å². The molecule has 100 valence electrons. The monoisotopic (exact) mass is 238 g/mol. The van der Waals surface area contributed by atoms with Crippen LogP contribution in [-0.2, 0) is 0 Å². The van der Waals surface area contributed by atoms with E-state index in [1.807, 2.05) is 0 Å². The summed E-state index contributed by atoms with van der Waals surface area (Å²) in [5, 5.41) is 3.76. The second kappa shape index (κ2) is 5.71. The fourth-order valence-electron chi connectivity index (χ4n) is 2.88. The zero-order chi connectivity index (χ0) is 12.3. The molecule has 1 unspecified atom stereocenters. The summed E-state index contributed by atoms with van der Waals surface area (Å²) in [7, 11) is 0. The molecule has 2 nitrogen and oxygen atoms in total. The predicted octanol–water partition coefficient (Wildman–Crippen LogP) is 2.89. The van der Waals surface area contributed by atoms with Crippen molar-refractivity contribution in [2.24, 2.45) is 11.3 Å². The van der Waals surface area contributed by atoms with Gasteiger partial charge in [0, 0.05) is 25.7 Å². The van der Waals surface area contributed by atoms with Crippen LogP contribution in [0.5, 0.6) is 0 Å². The minimum absolute atomic E-state index is 0.413. The number of nitrogens with one attached hydrogen (secondary N) is 1. The number of rotatable bonds is 4. The van der Waals surface area contributed by atoms with Crippen LogP contribution < -0.4 is 5.32 Å². The molecule has 0 aromatic heterocycles. The molecule has 0 amide bonds. The van der Waals surface area contributed by atoms with E-state index in [0.717, 1.165) is 18.5 Å². The normalized spacial score (nSPS) is 28.1. The largest absolute Gasteiger partial charge is 0.312 e. The van der Waals surface area contributed by atoms with Gasteiger partial charge in [-0.1, -0.05) is 27.2 Å². The highest BCUT2D eigenvalue weighted by Gasteiger charge is 2.25. The Labute approximate surface area is 107 Å². The van der Waals surface area contributed by atoms with Crippen molar-refractivity contribution in [2.45, 2.75) is 58.9 Å². The van der Waals surface area contributed by atoms with E-state index in [1.54, 1.807) is 0 Å². The Morgan fingerprint density at radius 2 is 1.88 bits per heavy atom. The van der Waals surface area contributed by atoms with Crippen molar-refractivity contribution >= 4 is 0 Å². The lowest BCUT2D eigenvalue weighted by atomic mass is 9.84. The molecule has 1 saturated heterocycles. The van der Waals surface area contributed by atoms with Crippen molar-refractivity contribution in [1.29, 1.82) is 0 Å². The molecule has 0 radical (unpaired) electrons. The van der Waals surface area contributed by atoms with Gasteiger partial charge in [0.1, 0.15) is 0 Å². The summed E-state index contributed by atoms with van der Waals surface area (Å²) in [6.45, 7) is 12.1. The van der Waals surface area contributed by atoms with Crippen LogP contribution >= 0.6 is 0 Å². The molecule has 1 aliphatic carbocycles. The summed E-state index contributed by atoms with van der Waals surface area (Å²) >= 11 is 0. The molecule has 1 heterocycles. The van der Waals surface area contributed by atoms with E-state index in [-0.39, 0.29) is 0 Å². The van der Waals surface area contributed by atoms with Crippen LogP contribution in [0.15, 0.2) is 0 Å². The van der Waals surface area contributed by atoms with Gasteiger partial charge >= 0.3 is 0 Å². The predicted molar refractivity (Wildman–Crippen MR) is 74.3 cm³/mol. The lowest BCUT2D eigenvalue weighted by Gasteiger charge is -2.38. The van der Waals surface area contributed by atoms with Gasteiger partial charge in [0.25, 0.3) is 0 Å². The number of hydrogen-bond acceptors (Lipinski definition) is 2. The van der Waals surface area contributed by atoms with E-state index in [2.05, 4.69) is 31.0 Å². The topological polar surface area (TPSA) is 15.3 Å². The highest BCUT2D eigenvalue weighted by Crippen LogP contribution is 2.28. The van der Waals surface area contributed by atoms with E-state index >= 15 is 0 Å². The van der Waals surface area contributed by atoms with Crippen LogP contribution in [0, 0.1) is 11.3 Å². The molecule has 17 heavy (non-hydrogen) atoms. The van der Waals surface area contributed by atoms with Gasteiger partial charge in [-0.3, -0.25) is 0 Å². The maximum absolute atomic E-state index is 3.76. The van der Waals surface area contributed by atoms with Crippen LogP contribution in [-0.4, -0.2) is 37.1 Å². The molecule has 0 spiro atoms. The Kier molecular flexibility index (Phi) is 4.48. The van der Waals surface area contributed by atoms with Gasteiger partial charge in [0.05, 0.1) is 0 Å². The maximum Gasteiger partial charge on any atom is 0.0195 e. The minimum atomic E-state index is 0.413. The SMILES string of the molecule is CC(C)(C)CNC1CCCN(CC2CCC2)C1. The number of hydrogen-bond donors (Lipinski definition) is 1. The fraction of sp³-hybridized carbons (Fsp3) is 1.00. The molecule has 1 N–H and O–H groups in total. The molecule has 0 bridgehead atoms. The first-order chi connectivity index (χ1) is 8.03. The second-order valence-corrected chi connectivity index (χ2v) is 7.34. The molecule has 2 fully saturated rings. The Bertz CT molecular complexity index is 228. The Morgan fingerprint density at radius 3 is 2.47 bits per heavy atom. The zero-order valence-corrected chi connectivity index (χ0v) is 12.0. The summed E-state index contributed by atoms with van der Waals surface area (Å²) < 4.78 is 0. The van der Waals surface area contributed by atoms with Gasteiger partial charge in [-0.2, -0.15) is 0 Å². The first-order valence-electron chi connectivity index (χ1n) is 7.49. The van der Waals surface area contributed by atoms with Crippen LogP contribution in [0.2, 0.25) is 0 Å². The van der Waals surface area contributed by atoms with Crippen LogP contribution in [0.3, 0.4) is 0 Å². The first-order valence-corrected chi connectivity index (χ1v) is 7.49. The summed E-state index contributed by atoms with van der Waals surface area (Å²) in [6, 6.07) is 0.739. The Morgan fingerprint density at radius 1 is 1.12 bits per heavy atom. The summed E-state index contributed by atoms with van der Waals surface area (Å²) in [6.07, 6.45) is 7.20. The van der Waals surface area contributed by atoms with E-state index in [4.69, 9.17) is 0 Å². The van der Waals surface area contributed by atoms with Gasteiger partial charge in [-0.05, 0) is 43.6 Å². The van der Waals surface area contributed by atoms with Gasteiger partial charge in [0.2, 0.25) is 0 Å². The Hall–Kier alpha value is -0.0800. The van der Waals surface area contributed by atoms with Crippen LogP contribution in [0.4, 0.5) is 0 Å². The molecule has 0 aromatic rings. The zero-order valence-electron chi connectivity index (χ0n) is 12.0. The van der Waals surface area contributed by atoms with Gasteiger partial charge in [-0.25, -0.2) is 0 Å². The lowest BCUT2D eigenvalue weighted by Crippen LogP contribution is -2.49. The third kappa shape index (κ3) is 4.59. The minimum Gasteiger partial charge on any atom is -0.312 e. The summed E-state index contributed by atoms with van der Waals surface area (Å²) in [5.74, 6) is 1.02. The van der Waals surface area contributed by atoms with E-state index in [9.17, 15) is 0 Å². The molecule has 2 rings (SSSR count). The number of likely N-dealkylation sites (tertiary alicyclic amines) is 1. The number of piperidine rings is 1. The van der Waals surface area contributed by atoms with Crippen molar-refractivity contribution in [3.8, 4) is 0 Å². The lowest BCUT2D eigenvalue weighted by molar-refractivity contribution is 0.131. The summed E-state index contributed by atoms with van der Waals surface area (Å²) in [4.78, 5) is 2.70. The van der Waals surface area contributed by atoms with Crippen molar-refractivity contribution in [1.82, 2.24) is 10.2 Å². The van der Waals surface area contributed by atoms with Crippen molar-refractivity contribution < 1.29 is 0 Å². The smallest absolute Gasteiger partial charge is 0.0195 e. The summed E-state index contributed by atoms with van der Waals surface area (Å²) in [5.41, 5.74) is 0.413. The standard InChI is InChI=1S/C15H30N2/c1-15(2,3)12-16-14-8-5-9-17(11-14)10-13-6-4-7-13/h13-14,16H,4-12H2,1-3H3. The third-order valence-corrected chi connectivity index (χ3v) is 4.17. The molecule has 2 aliphatic rings. The van der Waals surface area contributed by atoms with Crippen molar-refractivity contribution in [3.05, 3.63) is 0 Å². The molecular formula is C15H30N2. The molecule has 2 heteroatoms. The fourth-order valence-corrected chi connectivity index (χ4v) is 2.88. The van der Waals surface area contributed by atoms with Gasteiger partial charge < -0.3 is 10.2 Å². The third-order valence-electron chi connectivity index (χ3n) is 4.17. The van der Waals surface area contributed by atoms with E-state index in [0.29, 0.717) is 5.41 Å². The highest BCUT2D eigenvalue weighted by atomic mass is 15.2. The van der Waals surface area contributed by atoms with Gasteiger partial charge in [0.15, 0.2) is 0 Å². The van der Waals surface area contributed by atoms with Crippen molar-refractivity contribution in [3.63, 3.8) is 0 Å². The number of nitrogens with zero attached hydrogens (tertiary/aromatic N) is 1. The molecule has 1 atom stereocenters. The average Bonchev–Trinajstić information content (AvgIpc) is 2.20. The van der Waals surface area contributed by atoms with Crippen LogP contribution in [0.25, 0.3) is 0 Å². The first kappa shape index (κ1) is 13.4. The van der Waals surface area contributed by atoms with Crippen LogP contribution in [0.1, 0.15) is 52.9 Å². The molecule has 1 saturated carbocycles. The highest BCUT2D eigenvalue weighted by molar-refractivity contribution is 4.82. The average molecular weight is 238 g/mol. The van der Waals surface area contributed by atoms with E-state index in [1.165, 1.54) is 51.7 Å². The maximum atomic E-state index is 3.76. The quantitative estimate of drug-likeness (QED) is 0.810. The molecule has 1 aliphatic heterocycles. The molecular weight excluding hydrogens is 208 g/mol. The second-order valence-electron chi connectivity index (χ2n) is 7.34. The van der Waals surface area contributed by atoms with Gasteiger partial charge in [-0.15, -0.1) is 0 Å². The van der Waals surface area contributed by atoms with E-state index < -0.39 is 0 Å². The molecule has 0 aromatic carbocycles.